The molecule has 6 heteroatoms. The molecule has 3 rings (SSSR count). The van der Waals surface area contributed by atoms with Crippen LogP contribution in [0.4, 0.5) is 4.39 Å². The molecule has 112 valence electrons. The summed E-state index contributed by atoms with van der Waals surface area (Å²) in [5.74, 6) is 0.0743. The lowest BCUT2D eigenvalue weighted by atomic mass is 9.76. The van der Waals surface area contributed by atoms with Gasteiger partial charge in [-0.2, -0.15) is 0 Å². The first-order valence-corrected chi connectivity index (χ1v) is 6.96. The van der Waals surface area contributed by atoms with Crippen LogP contribution >= 0.6 is 0 Å². The topological polar surface area (TPSA) is 43.5 Å². The van der Waals surface area contributed by atoms with E-state index in [4.69, 9.17) is 14.0 Å². The average molecular weight is 291 g/mol. The Morgan fingerprint density at radius 1 is 1.19 bits per heavy atom. The van der Waals surface area contributed by atoms with Gasteiger partial charge in [0.2, 0.25) is 0 Å². The predicted octanol–water partition coefficient (Wildman–Crippen LogP) is 2.61. The summed E-state index contributed by atoms with van der Waals surface area (Å²) in [6, 6.07) is 3.17. The minimum absolute atomic E-state index is 0.391. The molecule has 1 aromatic carbocycles. The molecule has 0 atom stereocenters. The molecular formula is C15H19BFNO3. The molecule has 0 spiro atoms. The Bertz CT molecular complexity index is 680. The quantitative estimate of drug-likeness (QED) is 0.865. The summed E-state index contributed by atoms with van der Waals surface area (Å²) in [6.45, 7) is 7.79. The van der Waals surface area contributed by atoms with E-state index in [0.717, 1.165) is 5.52 Å². The number of methoxy groups -OCH3 is 1. The molecule has 1 fully saturated rings. The van der Waals surface area contributed by atoms with Crippen LogP contribution in [0.3, 0.4) is 0 Å². The van der Waals surface area contributed by atoms with Gasteiger partial charge in [0.15, 0.2) is 0 Å². The number of rotatable bonds is 2. The van der Waals surface area contributed by atoms with Crippen LogP contribution in [0, 0.1) is 5.82 Å². The Morgan fingerprint density at radius 3 is 2.38 bits per heavy atom. The van der Waals surface area contributed by atoms with Crippen molar-refractivity contribution in [3.63, 3.8) is 0 Å². The fourth-order valence-corrected chi connectivity index (χ4v) is 2.55. The van der Waals surface area contributed by atoms with Crippen LogP contribution in [0.5, 0.6) is 5.75 Å². The van der Waals surface area contributed by atoms with Crippen molar-refractivity contribution in [2.24, 2.45) is 0 Å². The molecule has 0 unspecified atom stereocenters. The maximum Gasteiger partial charge on any atom is 0.498 e. The van der Waals surface area contributed by atoms with Crippen molar-refractivity contribution >= 4 is 23.5 Å². The van der Waals surface area contributed by atoms with E-state index in [1.165, 1.54) is 13.2 Å². The number of aromatic amines is 1. The van der Waals surface area contributed by atoms with Gasteiger partial charge in [0.05, 0.1) is 23.8 Å². The number of aromatic nitrogens is 1. The first-order chi connectivity index (χ1) is 9.77. The Labute approximate surface area is 123 Å². The highest BCUT2D eigenvalue weighted by molar-refractivity contribution is 6.65. The summed E-state index contributed by atoms with van der Waals surface area (Å²) >= 11 is 0. The first kappa shape index (κ1) is 14.4. The van der Waals surface area contributed by atoms with Crippen molar-refractivity contribution in [2.75, 3.05) is 7.11 Å². The van der Waals surface area contributed by atoms with Crippen LogP contribution in [0.1, 0.15) is 27.7 Å². The lowest BCUT2D eigenvalue weighted by Crippen LogP contribution is -2.41. The van der Waals surface area contributed by atoms with Gasteiger partial charge in [-0.1, -0.05) is 0 Å². The minimum Gasteiger partial charge on any atom is -0.494 e. The van der Waals surface area contributed by atoms with Gasteiger partial charge in [0, 0.05) is 23.1 Å². The third-order valence-electron chi connectivity index (χ3n) is 4.51. The Kier molecular flexibility index (Phi) is 3.08. The van der Waals surface area contributed by atoms with E-state index in [2.05, 4.69) is 4.98 Å². The Morgan fingerprint density at radius 2 is 1.81 bits per heavy atom. The summed E-state index contributed by atoms with van der Waals surface area (Å²) in [6.07, 6.45) is 1.75. The predicted molar refractivity (Wildman–Crippen MR) is 80.5 cm³/mol. The average Bonchev–Trinajstić information content (AvgIpc) is 2.91. The van der Waals surface area contributed by atoms with Crippen molar-refractivity contribution in [3.05, 3.63) is 24.1 Å². The Balaban J connectivity index is 2.14. The molecule has 1 saturated heterocycles. The van der Waals surface area contributed by atoms with E-state index in [1.54, 1.807) is 12.3 Å². The zero-order chi connectivity index (χ0) is 15.4. The lowest BCUT2D eigenvalue weighted by Gasteiger charge is -2.32. The highest BCUT2D eigenvalue weighted by Crippen LogP contribution is 2.37. The molecule has 1 aromatic heterocycles. The number of fused-ring (bicyclic) bond motifs is 1. The van der Waals surface area contributed by atoms with Gasteiger partial charge in [0.1, 0.15) is 11.6 Å². The summed E-state index contributed by atoms with van der Waals surface area (Å²) in [5, 5.41) is 0.713. The lowest BCUT2D eigenvalue weighted by molar-refractivity contribution is 0.00578. The van der Waals surface area contributed by atoms with Gasteiger partial charge in [-0.15, -0.1) is 0 Å². The maximum atomic E-state index is 14.5. The summed E-state index contributed by atoms with van der Waals surface area (Å²) < 4.78 is 31.7. The number of halogens is 1. The van der Waals surface area contributed by atoms with Gasteiger partial charge >= 0.3 is 7.12 Å². The number of hydrogen-bond acceptors (Lipinski definition) is 3. The number of hydrogen-bond donors (Lipinski definition) is 1. The third-order valence-corrected chi connectivity index (χ3v) is 4.51. The van der Waals surface area contributed by atoms with Gasteiger partial charge < -0.3 is 19.0 Å². The molecule has 1 N–H and O–H groups in total. The van der Waals surface area contributed by atoms with Crippen molar-refractivity contribution in [3.8, 4) is 5.75 Å². The number of H-pyrrole nitrogens is 1. The SMILES string of the molecule is COc1cc(F)c(B2OC(C)(C)C(C)(C)O2)c2cc[nH]c12. The second kappa shape index (κ2) is 4.48. The molecule has 0 saturated carbocycles. The van der Waals surface area contributed by atoms with Crippen LogP contribution in [0.2, 0.25) is 0 Å². The summed E-state index contributed by atoms with van der Waals surface area (Å²) in [4.78, 5) is 3.07. The van der Waals surface area contributed by atoms with Crippen molar-refractivity contribution in [2.45, 2.75) is 38.9 Å². The van der Waals surface area contributed by atoms with Crippen LogP contribution in [0.25, 0.3) is 10.9 Å². The smallest absolute Gasteiger partial charge is 0.494 e. The van der Waals surface area contributed by atoms with Crippen molar-refractivity contribution in [1.82, 2.24) is 4.98 Å². The molecule has 21 heavy (non-hydrogen) atoms. The number of nitrogens with one attached hydrogen (secondary N) is 1. The van der Waals surface area contributed by atoms with Gasteiger partial charge in [-0.3, -0.25) is 0 Å². The summed E-state index contributed by atoms with van der Waals surface area (Å²) in [7, 11) is 0.781. The Hall–Kier alpha value is -1.53. The van der Waals surface area contributed by atoms with E-state index in [-0.39, 0.29) is 0 Å². The fraction of sp³-hybridized carbons (Fsp3) is 0.467. The largest absolute Gasteiger partial charge is 0.498 e. The normalized spacial score (nSPS) is 20.2. The standard InChI is InChI=1S/C15H19BFNO3/c1-14(2)15(3,4)21-16(20-14)12-9-6-7-18-13(9)11(19-5)8-10(12)17/h6-8,18H,1-5H3. The van der Waals surface area contributed by atoms with E-state index >= 15 is 0 Å². The zero-order valence-electron chi connectivity index (χ0n) is 12.9. The molecule has 1 aliphatic rings. The van der Waals surface area contributed by atoms with Crippen LogP contribution < -0.4 is 10.2 Å². The monoisotopic (exact) mass is 291 g/mol. The molecule has 4 nitrogen and oxygen atoms in total. The van der Waals surface area contributed by atoms with Crippen LogP contribution in [0.15, 0.2) is 18.3 Å². The fourth-order valence-electron chi connectivity index (χ4n) is 2.55. The van der Waals surface area contributed by atoms with Crippen molar-refractivity contribution in [1.29, 1.82) is 0 Å². The number of ether oxygens (including phenoxy) is 1. The van der Waals surface area contributed by atoms with Crippen molar-refractivity contribution < 1.29 is 18.4 Å². The van der Waals surface area contributed by atoms with E-state index in [0.29, 0.717) is 16.6 Å². The van der Waals surface area contributed by atoms with E-state index < -0.39 is 24.1 Å². The molecule has 2 heterocycles. The molecule has 0 amide bonds. The third kappa shape index (κ3) is 2.05. The van der Waals surface area contributed by atoms with Crippen LogP contribution in [-0.4, -0.2) is 30.4 Å². The minimum atomic E-state index is -0.737. The molecule has 1 aliphatic heterocycles. The first-order valence-electron chi connectivity index (χ1n) is 6.96. The second-order valence-corrected chi connectivity index (χ2v) is 6.33. The number of benzene rings is 1. The van der Waals surface area contributed by atoms with Crippen LogP contribution in [-0.2, 0) is 9.31 Å². The zero-order valence-corrected chi connectivity index (χ0v) is 12.9. The van der Waals surface area contributed by atoms with Gasteiger partial charge in [-0.25, -0.2) is 4.39 Å². The second-order valence-electron chi connectivity index (χ2n) is 6.33. The van der Waals surface area contributed by atoms with E-state index in [9.17, 15) is 4.39 Å². The maximum absolute atomic E-state index is 14.5. The van der Waals surface area contributed by atoms with Gasteiger partial charge in [-0.05, 0) is 33.8 Å². The van der Waals surface area contributed by atoms with Gasteiger partial charge in [0.25, 0.3) is 0 Å². The molecule has 0 radical (unpaired) electrons. The highest BCUT2D eigenvalue weighted by atomic mass is 19.1. The van der Waals surface area contributed by atoms with E-state index in [1.807, 2.05) is 27.7 Å². The highest BCUT2D eigenvalue weighted by Gasteiger charge is 2.53. The molecular weight excluding hydrogens is 272 g/mol. The molecule has 2 aromatic rings. The molecule has 0 bridgehead atoms. The summed E-state index contributed by atoms with van der Waals surface area (Å²) in [5.41, 5.74) is 0.133. The molecule has 0 aliphatic carbocycles.